The van der Waals surface area contributed by atoms with Gasteiger partial charge in [0.1, 0.15) is 11.2 Å². The van der Waals surface area contributed by atoms with Crippen molar-refractivity contribution in [3.63, 3.8) is 0 Å². The molecule has 0 N–H and O–H groups in total. The zero-order valence-electron chi connectivity index (χ0n) is 26.7. The van der Waals surface area contributed by atoms with Crippen LogP contribution in [-0.2, 0) is 0 Å². The lowest BCUT2D eigenvalue weighted by atomic mass is 9.95. The van der Waals surface area contributed by atoms with E-state index in [0.29, 0.717) is 17.5 Å². The Labute approximate surface area is 292 Å². The highest BCUT2D eigenvalue weighted by Gasteiger charge is 2.18. The molecule has 10 aromatic rings. The first-order chi connectivity index (χ1) is 24.7. The molecule has 0 atom stereocenters. The molecule has 0 saturated carbocycles. The monoisotopic (exact) mass is 657 g/mol. The molecule has 7 aromatic carbocycles. The molecular weight excluding hydrogens is 631 g/mol. The first kappa shape index (κ1) is 28.6. The molecule has 0 unspecified atom stereocenters. The lowest BCUT2D eigenvalue weighted by Crippen LogP contribution is -2.00. The fourth-order valence-corrected chi connectivity index (χ4v) is 7.95. The lowest BCUT2D eigenvalue weighted by Gasteiger charge is -2.09. The van der Waals surface area contributed by atoms with Crippen molar-refractivity contribution in [2.45, 2.75) is 0 Å². The van der Waals surface area contributed by atoms with Crippen molar-refractivity contribution in [3.8, 4) is 56.4 Å². The summed E-state index contributed by atoms with van der Waals surface area (Å²) in [6.07, 6.45) is 0. The van der Waals surface area contributed by atoms with Crippen molar-refractivity contribution >= 4 is 53.4 Å². The van der Waals surface area contributed by atoms with Crippen LogP contribution in [0.5, 0.6) is 0 Å². The Kier molecular flexibility index (Phi) is 6.64. The minimum Gasteiger partial charge on any atom is -0.455 e. The van der Waals surface area contributed by atoms with Crippen LogP contribution in [0.25, 0.3) is 98.5 Å². The van der Waals surface area contributed by atoms with Crippen LogP contribution in [-0.4, -0.2) is 15.0 Å². The Morgan fingerprint density at radius 1 is 0.360 bits per heavy atom. The van der Waals surface area contributed by atoms with E-state index in [1.807, 2.05) is 42.5 Å². The van der Waals surface area contributed by atoms with E-state index in [4.69, 9.17) is 19.4 Å². The molecule has 0 radical (unpaired) electrons. The Morgan fingerprint density at radius 2 is 0.920 bits per heavy atom. The van der Waals surface area contributed by atoms with Crippen molar-refractivity contribution in [1.29, 1.82) is 0 Å². The molecule has 0 saturated heterocycles. The van der Waals surface area contributed by atoms with E-state index in [2.05, 4.69) is 121 Å². The number of thiophene rings is 1. The van der Waals surface area contributed by atoms with Crippen molar-refractivity contribution in [3.05, 3.63) is 164 Å². The van der Waals surface area contributed by atoms with Gasteiger partial charge in [-0.05, 0) is 65.2 Å². The van der Waals surface area contributed by atoms with Crippen LogP contribution < -0.4 is 0 Å². The molecule has 10 rings (SSSR count). The number of rotatable bonds is 5. The van der Waals surface area contributed by atoms with Crippen LogP contribution in [0.4, 0.5) is 0 Å². The number of hydrogen-bond acceptors (Lipinski definition) is 5. The van der Waals surface area contributed by atoms with E-state index in [0.717, 1.165) is 60.9 Å². The van der Waals surface area contributed by atoms with Crippen LogP contribution >= 0.6 is 11.3 Å². The average molecular weight is 658 g/mol. The van der Waals surface area contributed by atoms with Gasteiger partial charge in [0.25, 0.3) is 0 Å². The highest BCUT2D eigenvalue weighted by atomic mass is 32.1. The van der Waals surface area contributed by atoms with Gasteiger partial charge in [0.15, 0.2) is 17.5 Å². The molecule has 0 aliphatic heterocycles. The third-order valence-corrected chi connectivity index (χ3v) is 10.5. The van der Waals surface area contributed by atoms with E-state index in [-0.39, 0.29) is 0 Å². The van der Waals surface area contributed by atoms with E-state index >= 15 is 0 Å². The van der Waals surface area contributed by atoms with Crippen LogP contribution in [0.3, 0.4) is 0 Å². The Hall–Kier alpha value is -6.43. The van der Waals surface area contributed by atoms with Gasteiger partial charge < -0.3 is 4.42 Å². The van der Waals surface area contributed by atoms with Crippen molar-refractivity contribution < 1.29 is 4.42 Å². The van der Waals surface area contributed by atoms with E-state index in [1.54, 1.807) is 11.3 Å². The summed E-state index contributed by atoms with van der Waals surface area (Å²) in [5.41, 5.74) is 8.88. The van der Waals surface area contributed by atoms with Gasteiger partial charge in [0.05, 0.1) is 0 Å². The number of benzene rings is 7. The molecular formula is C45H27N3OS. The molecule has 0 aliphatic rings. The van der Waals surface area contributed by atoms with Gasteiger partial charge in [-0.15, -0.1) is 11.3 Å². The largest absolute Gasteiger partial charge is 0.455 e. The maximum Gasteiger partial charge on any atom is 0.164 e. The first-order valence-electron chi connectivity index (χ1n) is 16.6. The topological polar surface area (TPSA) is 51.8 Å². The summed E-state index contributed by atoms with van der Waals surface area (Å²) in [6, 6.07) is 56.9. The van der Waals surface area contributed by atoms with Gasteiger partial charge in [-0.3, -0.25) is 0 Å². The number of fused-ring (bicyclic) bond motifs is 6. The Balaban J connectivity index is 1.16. The summed E-state index contributed by atoms with van der Waals surface area (Å²) in [7, 11) is 0. The van der Waals surface area contributed by atoms with Crippen LogP contribution in [0.2, 0.25) is 0 Å². The third-order valence-electron chi connectivity index (χ3n) is 9.33. The summed E-state index contributed by atoms with van der Waals surface area (Å²) >= 11 is 1.80. The molecule has 0 aliphatic carbocycles. The number of nitrogens with zero attached hydrogens (tertiary/aromatic N) is 3. The van der Waals surface area contributed by atoms with Gasteiger partial charge in [0.2, 0.25) is 0 Å². The molecule has 0 spiro atoms. The number of furan rings is 1. The highest BCUT2D eigenvalue weighted by molar-refractivity contribution is 7.25. The van der Waals surface area contributed by atoms with Crippen LogP contribution in [0.15, 0.2) is 168 Å². The summed E-state index contributed by atoms with van der Waals surface area (Å²) < 4.78 is 9.24. The quantitative estimate of drug-likeness (QED) is 0.185. The molecule has 0 fully saturated rings. The lowest BCUT2D eigenvalue weighted by molar-refractivity contribution is 0.670. The predicted octanol–water partition coefficient (Wildman–Crippen LogP) is 12.5. The van der Waals surface area contributed by atoms with Crippen molar-refractivity contribution in [2.75, 3.05) is 0 Å². The molecule has 0 bridgehead atoms. The predicted molar refractivity (Wildman–Crippen MR) is 207 cm³/mol. The fraction of sp³-hybridized carbons (Fsp3) is 0. The zero-order chi connectivity index (χ0) is 33.0. The Bertz CT molecular complexity index is 2860. The molecule has 234 valence electrons. The van der Waals surface area contributed by atoms with Crippen LogP contribution in [0.1, 0.15) is 0 Å². The normalized spacial score (nSPS) is 11.6. The average Bonchev–Trinajstić information content (AvgIpc) is 3.76. The maximum atomic E-state index is 6.73. The van der Waals surface area contributed by atoms with Gasteiger partial charge in [-0.1, -0.05) is 115 Å². The van der Waals surface area contributed by atoms with Crippen LogP contribution in [0, 0.1) is 0 Å². The maximum absolute atomic E-state index is 6.73. The smallest absolute Gasteiger partial charge is 0.164 e. The fourth-order valence-electron chi connectivity index (χ4n) is 6.86. The molecule has 5 heteroatoms. The minimum absolute atomic E-state index is 0.597. The molecule has 3 aromatic heterocycles. The summed E-state index contributed by atoms with van der Waals surface area (Å²) in [5, 5.41) is 4.57. The Morgan fingerprint density at radius 3 is 1.66 bits per heavy atom. The number of hydrogen-bond donors (Lipinski definition) is 0. The molecule has 3 heterocycles. The molecule has 0 amide bonds. The summed E-state index contributed by atoms with van der Waals surface area (Å²) in [6.45, 7) is 0. The standard InChI is InChI=1S/C45H27N3OS/c1-4-12-28(13-5-1)33-25-36(29-14-6-2-7-15-29)42-38(26-33)34-22-20-32(27-39(34)49-42)45-47-43(30-16-8-3-9-17-30)46-44(48-45)31-21-23-41-37(24-31)35-18-10-11-19-40(35)50-41/h1-27H. The van der Waals surface area contributed by atoms with E-state index < -0.39 is 0 Å². The minimum atomic E-state index is 0.597. The van der Waals surface area contributed by atoms with Crippen molar-refractivity contribution in [2.24, 2.45) is 0 Å². The molecule has 4 nitrogen and oxygen atoms in total. The van der Waals surface area contributed by atoms with E-state index in [9.17, 15) is 0 Å². The van der Waals surface area contributed by atoms with Gasteiger partial charge in [-0.25, -0.2) is 15.0 Å². The van der Waals surface area contributed by atoms with Gasteiger partial charge >= 0.3 is 0 Å². The third kappa shape index (κ3) is 4.87. The number of aromatic nitrogens is 3. The van der Waals surface area contributed by atoms with Gasteiger partial charge in [0, 0.05) is 53.2 Å². The SMILES string of the molecule is c1ccc(-c2cc(-c3ccccc3)c3oc4cc(-c5nc(-c6ccccc6)nc(-c6ccc7sc8ccccc8c7c6)n5)ccc4c3c2)cc1. The summed E-state index contributed by atoms with van der Waals surface area (Å²) in [5.74, 6) is 1.86. The second-order valence-corrected chi connectivity index (χ2v) is 13.5. The highest BCUT2D eigenvalue weighted by Crippen LogP contribution is 2.41. The summed E-state index contributed by atoms with van der Waals surface area (Å²) in [4.78, 5) is 15.1. The van der Waals surface area contributed by atoms with Gasteiger partial charge in [-0.2, -0.15) is 0 Å². The van der Waals surface area contributed by atoms with E-state index in [1.165, 1.54) is 20.2 Å². The van der Waals surface area contributed by atoms with Crippen molar-refractivity contribution in [1.82, 2.24) is 15.0 Å². The second-order valence-electron chi connectivity index (χ2n) is 12.4. The first-order valence-corrected chi connectivity index (χ1v) is 17.4. The molecule has 50 heavy (non-hydrogen) atoms. The zero-order valence-corrected chi connectivity index (χ0v) is 27.6. The second kappa shape index (κ2) is 11.6.